The number of pyridine rings is 1. The molecule has 1 aromatic heterocycles. The average Bonchev–Trinajstić information content (AvgIpc) is 3.19. The largest absolute Gasteiger partial charge is 0.378 e. The van der Waals surface area contributed by atoms with Crippen LogP contribution in [0.1, 0.15) is 35.7 Å². The first-order valence-electron chi connectivity index (χ1n) is 9.85. The summed E-state index contributed by atoms with van der Waals surface area (Å²) in [6.07, 6.45) is 1.69. The van der Waals surface area contributed by atoms with E-state index in [1.165, 1.54) is 0 Å². The maximum absolute atomic E-state index is 13.2. The predicted molar refractivity (Wildman–Crippen MR) is 109 cm³/mol. The third-order valence-corrected chi connectivity index (χ3v) is 7.56. The second kappa shape index (κ2) is 7.81. The minimum atomic E-state index is -3.52. The van der Waals surface area contributed by atoms with Crippen LogP contribution in [0.5, 0.6) is 0 Å². The molecule has 0 unspecified atom stereocenters. The lowest BCUT2D eigenvalue weighted by molar-refractivity contribution is 0.122. The van der Waals surface area contributed by atoms with Crippen molar-refractivity contribution in [3.05, 3.63) is 53.2 Å². The Bertz CT molecular complexity index is 938. The van der Waals surface area contributed by atoms with Crippen LogP contribution in [0.25, 0.3) is 0 Å². The molecule has 0 amide bonds. The first kappa shape index (κ1) is 19.4. The van der Waals surface area contributed by atoms with Crippen LogP contribution in [0.4, 0.5) is 5.82 Å². The Balaban J connectivity index is 1.62. The van der Waals surface area contributed by atoms with Gasteiger partial charge in [0.25, 0.3) is 0 Å². The van der Waals surface area contributed by atoms with E-state index in [4.69, 9.17) is 9.72 Å². The zero-order valence-corrected chi connectivity index (χ0v) is 17.3. The lowest BCUT2D eigenvalue weighted by atomic mass is 10.0. The van der Waals surface area contributed by atoms with Crippen LogP contribution in [0.15, 0.2) is 41.3 Å². The molecule has 0 spiro atoms. The van der Waals surface area contributed by atoms with E-state index in [1.807, 2.05) is 32.0 Å². The van der Waals surface area contributed by atoms with E-state index >= 15 is 0 Å². The summed E-state index contributed by atoms with van der Waals surface area (Å²) in [6, 6.07) is 11.0. The fourth-order valence-electron chi connectivity index (χ4n) is 4.06. The van der Waals surface area contributed by atoms with Gasteiger partial charge in [-0.15, -0.1) is 0 Å². The van der Waals surface area contributed by atoms with Gasteiger partial charge in [0.15, 0.2) is 0 Å². The molecule has 7 heteroatoms. The van der Waals surface area contributed by atoms with Crippen molar-refractivity contribution in [2.24, 2.45) is 0 Å². The Hall–Kier alpha value is -1.96. The van der Waals surface area contributed by atoms with E-state index in [9.17, 15) is 8.42 Å². The van der Waals surface area contributed by atoms with Crippen LogP contribution in [0.3, 0.4) is 0 Å². The Morgan fingerprint density at radius 1 is 1.00 bits per heavy atom. The SMILES string of the molecule is Cc1ccc(S(=O)(=O)N2CCC[C@H]2c2ccc(N3CCOCC3)nc2C)cc1. The number of hydrogen-bond donors (Lipinski definition) is 0. The lowest BCUT2D eigenvalue weighted by Crippen LogP contribution is -2.37. The summed E-state index contributed by atoms with van der Waals surface area (Å²) < 4.78 is 33.5. The van der Waals surface area contributed by atoms with Crippen molar-refractivity contribution in [3.63, 3.8) is 0 Å². The van der Waals surface area contributed by atoms with Gasteiger partial charge in [-0.1, -0.05) is 23.8 Å². The van der Waals surface area contributed by atoms with E-state index in [2.05, 4.69) is 11.0 Å². The summed E-state index contributed by atoms with van der Waals surface area (Å²) in [4.78, 5) is 7.37. The van der Waals surface area contributed by atoms with Crippen molar-refractivity contribution in [2.75, 3.05) is 37.7 Å². The highest BCUT2D eigenvalue weighted by atomic mass is 32.2. The molecule has 3 heterocycles. The van der Waals surface area contributed by atoms with Crippen molar-refractivity contribution < 1.29 is 13.2 Å². The molecule has 2 aromatic rings. The molecule has 2 fully saturated rings. The molecule has 0 bridgehead atoms. The summed E-state index contributed by atoms with van der Waals surface area (Å²) in [5, 5.41) is 0. The smallest absolute Gasteiger partial charge is 0.243 e. The van der Waals surface area contributed by atoms with E-state index in [1.54, 1.807) is 16.4 Å². The number of aromatic nitrogens is 1. The molecule has 0 N–H and O–H groups in total. The molecule has 0 saturated carbocycles. The van der Waals surface area contributed by atoms with E-state index in [0.717, 1.165) is 48.6 Å². The number of hydrogen-bond acceptors (Lipinski definition) is 5. The highest BCUT2D eigenvalue weighted by Gasteiger charge is 2.37. The maximum Gasteiger partial charge on any atom is 0.243 e. The maximum atomic E-state index is 13.2. The zero-order chi connectivity index (χ0) is 19.7. The average molecular weight is 402 g/mol. The number of rotatable bonds is 4. The van der Waals surface area contributed by atoms with Gasteiger partial charge in [0, 0.05) is 25.3 Å². The van der Waals surface area contributed by atoms with Crippen molar-refractivity contribution in [1.29, 1.82) is 0 Å². The quantitative estimate of drug-likeness (QED) is 0.788. The van der Waals surface area contributed by atoms with Crippen molar-refractivity contribution in [1.82, 2.24) is 9.29 Å². The Kier molecular flexibility index (Phi) is 5.40. The van der Waals surface area contributed by atoms with Crippen LogP contribution in [0.2, 0.25) is 0 Å². The van der Waals surface area contributed by atoms with Crippen molar-refractivity contribution >= 4 is 15.8 Å². The first-order chi connectivity index (χ1) is 13.5. The van der Waals surface area contributed by atoms with Crippen LogP contribution in [0, 0.1) is 13.8 Å². The van der Waals surface area contributed by atoms with Gasteiger partial charge in [0.2, 0.25) is 10.0 Å². The van der Waals surface area contributed by atoms with E-state index in [0.29, 0.717) is 24.7 Å². The van der Waals surface area contributed by atoms with Gasteiger partial charge >= 0.3 is 0 Å². The van der Waals surface area contributed by atoms with Crippen LogP contribution < -0.4 is 4.90 Å². The molecular formula is C21H27N3O3S. The van der Waals surface area contributed by atoms with Gasteiger partial charge in [-0.25, -0.2) is 13.4 Å². The number of anilines is 1. The molecule has 6 nitrogen and oxygen atoms in total. The van der Waals surface area contributed by atoms with Gasteiger partial charge in [0.1, 0.15) is 5.82 Å². The molecule has 1 atom stereocenters. The van der Waals surface area contributed by atoms with Crippen molar-refractivity contribution in [2.45, 2.75) is 37.6 Å². The predicted octanol–water partition coefficient (Wildman–Crippen LogP) is 3.06. The summed E-state index contributed by atoms with van der Waals surface area (Å²) in [5.74, 6) is 0.940. The number of benzene rings is 1. The summed E-state index contributed by atoms with van der Waals surface area (Å²) in [5.41, 5.74) is 2.96. The number of morpholine rings is 1. The van der Waals surface area contributed by atoms with Gasteiger partial charge in [-0.3, -0.25) is 0 Å². The van der Waals surface area contributed by atoms with E-state index in [-0.39, 0.29) is 6.04 Å². The molecule has 4 rings (SSSR count). The molecule has 2 saturated heterocycles. The Labute approximate surface area is 167 Å². The molecule has 0 radical (unpaired) electrons. The van der Waals surface area contributed by atoms with Crippen LogP contribution in [-0.4, -0.2) is 50.6 Å². The molecule has 28 heavy (non-hydrogen) atoms. The zero-order valence-electron chi connectivity index (χ0n) is 16.5. The standard InChI is InChI=1S/C21H27N3O3S/c1-16-5-7-18(8-6-16)28(25,26)24-11-3-4-20(24)19-9-10-21(22-17(19)2)23-12-14-27-15-13-23/h5-10,20H,3-4,11-15H2,1-2H3/t20-/m0/s1. The van der Waals surface area contributed by atoms with Gasteiger partial charge < -0.3 is 9.64 Å². The van der Waals surface area contributed by atoms with Gasteiger partial charge in [-0.05, 0) is 50.5 Å². The fourth-order valence-corrected chi connectivity index (χ4v) is 5.74. The highest BCUT2D eigenvalue weighted by molar-refractivity contribution is 7.89. The minimum absolute atomic E-state index is 0.155. The minimum Gasteiger partial charge on any atom is -0.378 e. The van der Waals surface area contributed by atoms with Crippen LogP contribution in [-0.2, 0) is 14.8 Å². The van der Waals surface area contributed by atoms with E-state index < -0.39 is 10.0 Å². The van der Waals surface area contributed by atoms with Crippen LogP contribution >= 0.6 is 0 Å². The monoisotopic (exact) mass is 401 g/mol. The summed E-state index contributed by atoms with van der Waals surface area (Å²) in [7, 11) is -3.52. The highest BCUT2D eigenvalue weighted by Crippen LogP contribution is 2.38. The number of sulfonamides is 1. The van der Waals surface area contributed by atoms with Gasteiger partial charge in [0.05, 0.1) is 24.2 Å². The molecule has 0 aliphatic carbocycles. The summed E-state index contributed by atoms with van der Waals surface area (Å²) in [6.45, 7) is 7.59. The lowest BCUT2D eigenvalue weighted by Gasteiger charge is -2.29. The Morgan fingerprint density at radius 3 is 2.39 bits per heavy atom. The number of ether oxygens (including phenoxy) is 1. The third-order valence-electron chi connectivity index (χ3n) is 5.64. The van der Waals surface area contributed by atoms with Gasteiger partial charge in [-0.2, -0.15) is 4.31 Å². The number of aryl methyl sites for hydroxylation is 2. The molecular weight excluding hydrogens is 374 g/mol. The normalized spacial score (nSPS) is 21.2. The fraction of sp³-hybridized carbons (Fsp3) is 0.476. The molecule has 150 valence electrons. The number of nitrogens with zero attached hydrogens (tertiary/aromatic N) is 3. The second-order valence-electron chi connectivity index (χ2n) is 7.53. The topological polar surface area (TPSA) is 62.7 Å². The second-order valence-corrected chi connectivity index (χ2v) is 9.42. The van der Waals surface area contributed by atoms with Crippen molar-refractivity contribution in [3.8, 4) is 0 Å². The molecule has 1 aromatic carbocycles. The summed E-state index contributed by atoms with van der Waals surface area (Å²) >= 11 is 0. The molecule has 2 aliphatic heterocycles. The molecule has 2 aliphatic rings. The first-order valence-corrected chi connectivity index (χ1v) is 11.3. The Morgan fingerprint density at radius 2 is 1.71 bits per heavy atom. The third kappa shape index (κ3) is 3.66.